The summed E-state index contributed by atoms with van der Waals surface area (Å²) in [6.45, 7) is 2.40. The van der Waals surface area contributed by atoms with E-state index in [4.69, 9.17) is 4.74 Å². The third-order valence-electron chi connectivity index (χ3n) is 5.60. The summed E-state index contributed by atoms with van der Waals surface area (Å²) < 4.78 is 48.5. The summed E-state index contributed by atoms with van der Waals surface area (Å²) in [5, 5.41) is 3.71. The largest absolute Gasteiger partial charge is 0.573 e. The molecule has 0 bridgehead atoms. The monoisotopic (exact) mass is 554 g/mol. The molecule has 0 fully saturated rings. The van der Waals surface area contributed by atoms with Crippen molar-refractivity contribution in [3.8, 4) is 17.2 Å². The number of benzene rings is 3. The first-order valence-electron chi connectivity index (χ1n) is 11.8. The molecule has 2 heterocycles. The van der Waals surface area contributed by atoms with Gasteiger partial charge in [0.1, 0.15) is 22.5 Å². The molecule has 2 aromatic heterocycles. The lowest BCUT2D eigenvalue weighted by Crippen LogP contribution is -2.23. The van der Waals surface area contributed by atoms with Crippen molar-refractivity contribution >= 4 is 45.3 Å². The fraction of sp³-hybridized carbons (Fsp3) is 0.148. The maximum absolute atomic E-state index is 13.6. The van der Waals surface area contributed by atoms with Gasteiger partial charge in [-0.1, -0.05) is 30.0 Å². The second-order valence-corrected chi connectivity index (χ2v) is 9.21. The molecule has 8 nitrogen and oxygen atoms in total. The Kier molecular flexibility index (Phi) is 7.20. The van der Waals surface area contributed by atoms with Gasteiger partial charge in [-0.25, -0.2) is 4.98 Å². The molecule has 200 valence electrons. The van der Waals surface area contributed by atoms with Crippen LogP contribution in [0, 0.1) is 0 Å². The molecule has 0 radical (unpaired) electrons. The summed E-state index contributed by atoms with van der Waals surface area (Å²) >= 11 is 1.03. The summed E-state index contributed by atoms with van der Waals surface area (Å²) in [7, 11) is 0. The van der Waals surface area contributed by atoms with Crippen LogP contribution >= 0.6 is 11.8 Å². The van der Waals surface area contributed by atoms with Gasteiger partial charge in [0.25, 0.3) is 5.56 Å². The van der Waals surface area contributed by atoms with E-state index in [1.165, 1.54) is 16.7 Å². The lowest BCUT2D eigenvalue weighted by molar-refractivity contribution is -0.274. The number of hydrogen-bond acceptors (Lipinski definition) is 6. The Morgan fingerprint density at radius 2 is 1.72 bits per heavy atom. The van der Waals surface area contributed by atoms with E-state index in [-0.39, 0.29) is 28.0 Å². The highest BCUT2D eigenvalue weighted by Gasteiger charge is 2.31. The molecule has 0 spiro atoms. The van der Waals surface area contributed by atoms with Crippen LogP contribution in [0.1, 0.15) is 6.92 Å². The average molecular weight is 555 g/mol. The van der Waals surface area contributed by atoms with Crippen LogP contribution in [0.5, 0.6) is 11.5 Å². The highest BCUT2D eigenvalue weighted by atomic mass is 32.2. The second kappa shape index (κ2) is 10.7. The summed E-state index contributed by atoms with van der Waals surface area (Å²) in [6, 6.07) is 19.0. The maximum atomic E-state index is 13.6. The number of thioether (sulfide) groups is 1. The Labute approximate surface area is 223 Å². The van der Waals surface area contributed by atoms with E-state index in [1.54, 1.807) is 30.3 Å². The van der Waals surface area contributed by atoms with Crippen LogP contribution in [0.2, 0.25) is 0 Å². The van der Waals surface area contributed by atoms with Crippen LogP contribution < -0.4 is 20.3 Å². The van der Waals surface area contributed by atoms with Crippen molar-refractivity contribution in [2.75, 3.05) is 17.7 Å². The Balaban J connectivity index is 1.48. The Morgan fingerprint density at radius 3 is 2.41 bits per heavy atom. The molecular weight excluding hydrogens is 533 g/mol. The number of nitrogens with zero attached hydrogens (tertiary/aromatic N) is 2. The number of amides is 1. The van der Waals surface area contributed by atoms with Crippen molar-refractivity contribution < 1.29 is 27.4 Å². The van der Waals surface area contributed by atoms with E-state index >= 15 is 0 Å². The van der Waals surface area contributed by atoms with Crippen LogP contribution in [0.3, 0.4) is 0 Å². The number of fused-ring (bicyclic) bond motifs is 3. The van der Waals surface area contributed by atoms with Gasteiger partial charge in [0.05, 0.1) is 18.0 Å². The van der Waals surface area contributed by atoms with E-state index in [1.807, 2.05) is 25.1 Å². The standard InChI is InChI=1S/C27H21F3N4O4S/c1-2-37-18-11-7-16(8-12-18)31-22(35)15-39-26-33-23-20-5-3-4-6-21(20)32-24(23)25(36)34(26)17-9-13-19(14-10-17)38-27(28,29)30/h3-14,32H,2,15H2,1H3,(H,31,35). The van der Waals surface area contributed by atoms with E-state index in [0.29, 0.717) is 29.1 Å². The van der Waals surface area contributed by atoms with E-state index in [0.717, 1.165) is 29.3 Å². The SMILES string of the molecule is CCOc1ccc(NC(=O)CSc2nc3c([nH]c4ccccc43)c(=O)n2-c2ccc(OC(F)(F)F)cc2)cc1. The quantitative estimate of drug-likeness (QED) is 0.183. The van der Waals surface area contributed by atoms with Gasteiger partial charge in [-0.15, -0.1) is 13.2 Å². The van der Waals surface area contributed by atoms with Crippen LogP contribution in [0.4, 0.5) is 18.9 Å². The van der Waals surface area contributed by atoms with E-state index < -0.39 is 17.7 Å². The number of carbonyl (C=O) groups excluding carboxylic acids is 1. The molecule has 2 N–H and O–H groups in total. The number of aromatic amines is 1. The lowest BCUT2D eigenvalue weighted by Gasteiger charge is -2.14. The fourth-order valence-electron chi connectivity index (χ4n) is 3.99. The molecule has 0 atom stereocenters. The maximum Gasteiger partial charge on any atom is 0.573 e. The molecule has 1 amide bonds. The first-order valence-corrected chi connectivity index (χ1v) is 12.8. The van der Waals surface area contributed by atoms with Gasteiger partial charge in [0.15, 0.2) is 5.16 Å². The predicted octanol–water partition coefficient (Wildman–Crippen LogP) is 5.90. The second-order valence-electron chi connectivity index (χ2n) is 8.27. The Morgan fingerprint density at radius 1 is 1.03 bits per heavy atom. The summed E-state index contributed by atoms with van der Waals surface area (Å²) in [6.07, 6.45) is -4.85. The molecule has 0 unspecified atom stereocenters. The van der Waals surface area contributed by atoms with Crippen molar-refractivity contribution in [1.29, 1.82) is 0 Å². The van der Waals surface area contributed by atoms with Crippen molar-refractivity contribution in [1.82, 2.24) is 14.5 Å². The number of alkyl halides is 3. The molecule has 5 rings (SSSR count). The minimum absolute atomic E-state index is 0.0806. The minimum Gasteiger partial charge on any atom is -0.494 e. The van der Waals surface area contributed by atoms with E-state index in [9.17, 15) is 22.8 Å². The first kappa shape index (κ1) is 26.2. The van der Waals surface area contributed by atoms with Gasteiger partial charge < -0.3 is 19.8 Å². The van der Waals surface area contributed by atoms with Gasteiger partial charge >= 0.3 is 6.36 Å². The zero-order valence-corrected chi connectivity index (χ0v) is 21.2. The number of aromatic nitrogens is 3. The third-order valence-corrected chi connectivity index (χ3v) is 6.54. The molecule has 0 aliphatic carbocycles. The number of halogens is 3. The molecular formula is C27H21F3N4O4S. The molecule has 12 heteroatoms. The Hall–Kier alpha value is -4.45. The molecule has 0 saturated carbocycles. The topological polar surface area (TPSA) is 98.2 Å². The number of nitrogens with one attached hydrogen (secondary N) is 2. The van der Waals surface area contributed by atoms with E-state index in [2.05, 4.69) is 20.0 Å². The minimum atomic E-state index is -4.85. The highest BCUT2D eigenvalue weighted by molar-refractivity contribution is 7.99. The first-order chi connectivity index (χ1) is 18.7. The normalized spacial score (nSPS) is 11.6. The number of hydrogen-bond donors (Lipinski definition) is 2. The zero-order valence-electron chi connectivity index (χ0n) is 20.4. The molecule has 0 saturated heterocycles. The zero-order chi connectivity index (χ0) is 27.6. The smallest absolute Gasteiger partial charge is 0.494 e. The molecule has 5 aromatic rings. The number of H-pyrrole nitrogens is 1. The Bertz CT molecular complexity index is 1700. The number of para-hydroxylation sites is 1. The van der Waals surface area contributed by atoms with Crippen molar-refractivity contribution in [2.45, 2.75) is 18.4 Å². The van der Waals surface area contributed by atoms with Crippen LogP contribution in [-0.2, 0) is 4.79 Å². The number of anilines is 1. The van der Waals surface area contributed by atoms with Crippen molar-refractivity contribution in [2.24, 2.45) is 0 Å². The van der Waals surface area contributed by atoms with Gasteiger partial charge in [0.2, 0.25) is 5.91 Å². The van der Waals surface area contributed by atoms with Crippen molar-refractivity contribution in [3.63, 3.8) is 0 Å². The van der Waals surface area contributed by atoms with Crippen molar-refractivity contribution in [3.05, 3.63) is 83.2 Å². The fourth-order valence-corrected chi connectivity index (χ4v) is 4.80. The summed E-state index contributed by atoms with van der Waals surface area (Å²) in [5.41, 5.74) is 1.73. The van der Waals surface area contributed by atoms with Crippen LogP contribution in [0.15, 0.2) is 82.7 Å². The average Bonchev–Trinajstić information content (AvgIpc) is 3.28. The van der Waals surface area contributed by atoms with Crippen LogP contribution in [0.25, 0.3) is 27.6 Å². The highest BCUT2D eigenvalue weighted by Crippen LogP contribution is 2.28. The van der Waals surface area contributed by atoms with Gasteiger partial charge in [-0.05, 0) is 61.5 Å². The lowest BCUT2D eigenvalue weighted by atomic mass is 10.2. The van der Waals surface area contributed by atoms with Crippen LogP contribution in [-0.4, -0.2) is 39.2 Å². The number of ether oxygens (including phenoxy) is 2. The molecule has 39 heavy (non-hydrogen) atoms. The number of carbonyl (C=O) groups is 1. The molecule has 0 aliphatic rings. The summed E-state index contributed by atoms with van der Waals surface area (Å²) in [4.78, 5) is 34.1. The summed E-state index contributed by atoms with van der Waals surface area (Å²) in [5.74, 6) is -0.166. The van der Waals surface area contributed by atoms with Gasteiger partial charge in [-0.3, -0.25) is 14.2 Å². The number of rotatable bonds is 8. The molecule has 0 aliphatic heterocycles. The van der Waals surface area contributed by atoms with Gasteiger partial charge in [-0.2, -0.15) is 0 Å². The third kappa shape index (κ3) is 5.85. The predicted molar refractivity (Wildman–Crippen MR) is 143 cm³/mol. The molecule has 3 aromatic carbocycles. The van der Waals surface area contributed by atoms with Gasteiger partial charge in [0, 0.05) is 16.6 Å².